The summed E-state index contributed by atoms with van der Waals surface area (Å²) >= 11 is 0. The summed E-state index contributed by atoms with van der Waals surface area (Å²) in [7, 11) is 0. The molecule has 4 heteroatoms. The molecule has 1 heterocycles. The second-order valence-corrected chi connectivity index (χ2v) is 5.74. The number of carbonyl (C=O) groups excluding carboxylic acids is 2. The van der Waals surface area contributed by atoms with Gasteiger partial charge in [0.05, 0.1) is 0 Å². The van der Waals surface area contributed by atoms with Gasteiger partial charge in [-0.3, -0.25) is 4.90 Å². The lowest BCUT2D eigenvalue weighted by Gasteiger charge is -2.36. The van der Waals surface area contributed by atoms with E-state index in [-0.39, 0.29) is 12.1 Å². The van der Waals surface area contributed by atoms with Gasteiger partial charge in [0.15, 0.2) is 0 Å². The van der Waals surface area contributed by atoms with E-state index in [2.05, 4.69) is 25.5 Å². The van der Waals surface area contributed by atoms with Gasteiger partial charge in [-0.2, -0.15) is 0 Å². The number of ether oxygens (including phenoxy) is 1. The quantitative estimate of drug-likeness (QED) is 0.362. The SMILES string of the molecule is CCCCCCCC(C)(CCC)N1CC(=O)OC1=O. The average molecular weight is 269 g/mol. The third-order valence-electron chi connectivity index (χ3n) is 3.97. The number of hydrogen-bond donors (Lipinski definition) is 0. The summed E-state index contributed by atoms with van der Waals surface area (Å²) < 4.78 is 4.66. The van der Waals surface area contributed by atoms with Gasteiger partial charge in [0.25, 0.3) is 0 Å². The fourth-order valence-corrected chi connectivity index (χ4v) is 2.83. The Labute approximate surface area is 116 Å². The zero-order valence-electron chi connectivity index (χ0n) is 12.5. The van der Waals surface area contributed by atoms with Crippen molar-refractivity contribution in [3.63, 3.8) is 0 Å². The largest absolute Gasteiger partial charge is 0.418 e. The van der Waals surface area contributed by atoms with Crippen LogP contribution in [-0.4, -0.2) is 29.0 Å². The zero-order valence-corrected chi connectivity index (χ0v) is 12.5. The molecule has 0 bridgehead atoms. The van der Waals surface area contributed by atoms with E-state index in [1.807, 2.05) is 0 Å². The molecule has 0 aromatic carbocycles. The number of hydrogen-bond acceptors (Lipinski definition) is 3. The van der Waals surface area contributed by atoms with Crippen LogP contribution in [0.2, 0.25) is 0 Å². The fraction of sp³-hybridized carbons (Fsp3) is 0.867. The summed E-state index contributed by atoms with van der Waals surface area (Å²) in [4.78, 5) is 24.6. The first-order chi connectivity index (χ1) is 9.03. The van der Waals surface area contributed by atoms with Gasteiger partial charge >= 0.3 is 12.1 Å². The predicted octanol–water partition coefficient (Wildman–Crippen LogP) is 3.88. The van der Waals surface area contributed by atoms with Gasteiger partial charge in [-0.05, 0) is 19.8 Å². The van der Waals surface area contributed by atoms with Crippen LogP contribution < -0.4 is 0 Å². The minimum absolute atomic E-state index is 0.115. The molecule has 0 aromatic rings. The summed E-state index contributed by atoms with van der Waals surface area (Å²) in [5.41, 5.74) is -0.232. The maximum Gasteiger partial charge on any atom is 0.418 e. The van der Waals surface area contributed by atoms with E-state index in [1.54, 1.807) is 4.90 Å². The van der Waals surface area contributed by atoms with E-state index in [9.17, 15) is 9.59 Å². The first kappa shape index (κ1) is 16.0. The van der Waals surface area contributed by atoms with Crippen molar-refractivity contribution in [1.29, 1.82) is 0 Å². The summed E-state index contributed by atoms with van der Waals surface area (Å²) in [6.07, 6.45) is 8.48. The van der Waals surface area contributed by atoms with Crippen molar-refractivity contribution in [2.45, 2.75) is 77.7 Å². The Balaban J connectivity index is 2.53. The van der Waals surface area contributed by atoms with Crippen LogP contribution in [0.1, 0.15) is 72.1 Å². The minimum atomic E-state index is -0.463. The molecule has 1 amide bonds. The molecular formula is C15H27NO3. The maximum atomic E-state index is 11.7. The molecule has 1 aliphatic rings. The third kappa shape index (κ3) is 4.51. The van der Waals surface area contributed by atoms with Crippen LogP contribution in [0, 0.1) is 0 Å². The Kier molecular flexibility index (Phi) is 6.32. The first-order valence-corrected chi connectivity index (χ1v) is 7.55. The van der Waals surface area contributed by atoms with Crippen molar-refractivity contribution >= 4 is 12.1 Å². The van der Waals surface area contributed by atoms with E-state index in [0.29, 0.717) is 0 Å². The van der Waals surface area contributed by atoms with E-state index in [0.717, 1.165) is 25.7 Å². The van der Waals surface area contributed by atoms with Crippen LogP contribution in [0.15, 0.2) is 0 Å². The Hall–Kier alpha value is -1.06. The minimum Gasteiger partial charge on any atom is -0.375 e. The highest BCUT2D eigenvalue weighted by Crippen LogP contribution is 2.30. The second kappa shape index (κ2) is 7.51. The standard InChI is InChI=1S/C15H27NO3/c1-4-6-7-8-9-11-15(3,10-5-2)16-12-13(17)19-14(16)18/h4-12H2,1-3H3. The lowest BCUT2D eigenvalue weighted by atomic mass is 9.87. The third-order valence-corrected chi connectivity index (χ3v) is 3.97. The molecule has 1 unspecified atom stereocenters. The zero-order chi connectivity index (χ0) is 14.3. The van der Waals surface area contributed by atoms with Crippen molar-refractivity contribution in [1.82, 2.24) is 4.90 Å². The Morgan fingerprint density at radius 1 is 1.05 bits per heavy atom. The summed E-state index contributed by atoms with van der Waals surface area (Å²) in [6.45, 7) is 6.51. The summed E-state index contributed by atoms with van der Waals surface area (Å²) in [5, 5.41) is 0. The molecule has 0 saturated carbocycles. The van der Waals surface area contributed by atoms with E-state index in [4.69, 9.17) is 0 Å². The molecule has 0 aliphatic carbocycles. The van der Waals surface area contributed by atoms with Crippen LogP contribution in [0.4, 0.5) is 4.79 Å². The molecule has 1 atom stereocenters. The van der Waals surface area contributed by atoms with E-state index >= 15 is 0 Å². The number of carbonyl (C=O) groups is 2. The van der Waals surface area contributed by atoms with Gasteiger partial charge in [-0.15, -0.1) is 0 Å². The van der Waals surface area contributed by atoms with Crippen LogP contribution in [-0.2, 0) is 9.53 Å². The fourth-order valence-electron chi connectivity index (χ4n) is 2.83. The summed E-state index contributed by atoms with van der Waals surface area (Å²) in [6, 6.07) is 0. The highest BCUT2D eigenvalue weighted by atomic mass is 16.6. The van der Waals surface area contributed by atoms with Crippen molar-refractivity contribution in [3.8, 4) is 0 Å². The molecule has 4 nitrogen and oxygen atoms in total. The molecule has 110 valence electrons. The van der Waals surface area contributed by atoms with Gasteiger partial charge < -0.3 is 4.74 Å². The second-order valence-electron chi connectivity index (χ2n) is 5.74. The normalized spacial score (nSPS) is 18.6. The number of unbranched alkanes of at least 4 members (excludes halogenated alkanes) is 4. The molecule has 19 heavy (non-hydrogen) atoms. The van der Waals surface area contributed by atoms with Crippen LogP contribution >= 0.6 is 0 Å². The highest BCUT2D eigenvalue weighted by molar-refractivity contribution is 5.93. The Bertz CT molecular complexity index is 317. The average Bonchev–Trinajstić information content (AvgIpc) is 2.69. The van der Waals surface area contributed by atoms with Gasteiger partial charge in [-0.1, -0.05) is 52.4 Å². The van der Waals surface area contributed by atoms with Gasteiger partial charge in [-0.25, -0.2) is 9.59 Å². The van der Waals surface area contributed by atoms with Gasteiger partial charge in [0.1, 0.15) is 6.54 Å². The van der Waals surface area contributed by atoms with Crippen LogP contribution in [0.3, 0.4) is 0 Å². The maximum absolute atomic E-state index is 11.7. The van der Waals surface area contributed by atoms with E-state index in [1.165, 1.54) is 25.7 Å². The lowest BCUT2D eigenvalue weighted by molar-refractivity contribution is -0.133. The highest BCUT2D eigenvalue weighted by Gasteiger charge is 2.41. The Morgan fingerprint density at radius 3 is 2.26 bits per heavy atom. The first-order valence-electron chi connectivity index (χ1n) is 7.55. The van der Waals surface area contributed by atoms with Gasteiger partial charge in [0, 0.05) is 5.54 Å². The van der Waals surface area contributed by atoms with Crippen molar-refractivity contribution in [2.24, 2.45) is 0 Å². The molecule has 0 spiro atoms. The molecule has 1 saturated heterocycles. The molecular weight excluding hydrogens is 242 g/mol. The predicted molar refractivity (Wildman–Crippen MR) is 74.9 cm³/mol. The van der Waals surface area contributed by atoms with E-state index < -0.39 is 12.1 Å². The number of esters is 1. The molecule has 1 aliphatic heterocycles. The Morgan fingerprint density at radius 2 is 1.74 bits per heavy atom. The van der Waals surface area contributed by atoms with Crippen molar-refractivity contribution < 1.29 is 14.3 Å². The topological polar surface area (TPSA) is 46.6 Å². The monoisotopic (exact) mass is 269 g/mol. The molecule has 1 fully saturated rings. The molecule has 1 rings (SSSR count). The molecule has 0 N–H and O–H groups in total. The van der Waals surface area contributed by atoms with Crippen molar-refractivity contribution in [2.75, 3.05) is 6.54 Å². The summed E-state index contributed by atoms with van der Waals surface area (Å²) in [5.74, 6) is -0.418. The van der Waals surface area contributed by atoms with Crippen LogP contribution in [0.25, 0.3) is 0 Å². The number of rotatable bonds is 9. The molecule has 0 aromatic heterocycles. The number of nitrogens with zero attached hydrogens (tertiary/aromatic N) is 1. The van der Waals surface area contributed by atoms with Crippen LogP contribution in [0.5, 0.6) is 0 Å². The lowest BCUT2D eigenvalue weighted by Crippen LogP contribution is -2.47. The smallest absolute Gasteiger partial charge is 0.375 e. The van der Waals surface area contributed by atoms with Crippen molar-refractivity contribution in [3.05, 3.63) is 0 Å². The number of amides is 1. The number of cyclic esters (lactones) is 2. The van der Waals surface area contributed by atoms with Gasteiger partial charge in [0.2, 0.25) is 0 Å². The molecule has 0 radical (unpaired) electrons.